The first-order valence-electron chi connectivity index (χ1n) is 26.8. The van der Waals surface area contributed by atoms with E-state index in [9.17, 15) is 19.8 Å². The summed E-state index contributed by atoms with van der Waals surface area (Å²) in [6, 6.07) is -0.726. The molecule has 0 spiro atoms. The van der Waals surface area contributed by atoms with Gasteiger partial charge in [-0.2, -0.15) is 0 Å². The van der Waals surface area contributed by atoms with E-state index in [4.69, 9.17) is 4.74 Å². The average molecular weight is 892 g/mol. The number of allylic oxidation sites excluding steroid dienone is 14. The van der Waals surface area contributed by atoms with Crippen LogP contribution in [0.25, 0.3) is 0 Å². The normalized spacial score (nSPS) is 13.9. The van der Waals surface area contributed by atoms with E-state index in [1.807, 2.05) is 0 Å². The maximum atomic E-state index is 13.2. The molecule has 1 amide bonds. The second-order valence-corrected chi connectivity index (χ2v) is 17.9. The van der Waals surface area contributed by atoms with Crippen LogP contribution < -0.4 is 5.32 Å². The maximum absolute atomic E-state index is 13.2. The van der Waals surface area contributed by atoms with Gasteiger partial charge in [-0.1, -0.05) is 221 Å². The maximum Gasteiger partial charge on any atom is 0.306 e. The minimum atomic E-state index is -0.808. The van der Waals surface area contributed by atoms with E-state index in [2.05, 4.69) is 111 Å². The third kappa shape index (κ3) is 45.6. The third-order valence-corrected chi connectivity index (χ3v) is 11.7. The molecule has 0 bridgehead atoms. The number of aliphatic hydroxyl groups is 2. The smallest absolute Gasteiger partial charge is 0.306 e. The van der Waals surface area contributed by atoms with Crippen molar-refractivity contribution in [2.24, 2.45) is 0 Å². The van der Waals surface area contributed by atoms with Crippen LogP contribution in [0.15, 0.2) is 85.1 Å². The molecule has 6 heteroatoms. The van der Waals surface area contributed by atoms with Gasteiger partial charge in [0.15, 0.2) is 0 Å². The number of hydrogen-bond acceptors (Lipinski definition) is 5. The van der Waals surface area contributed by atoms with Gasteiger partial charge >= 0.3 is 5.97 Å². The highest BCUT2D eigenvalue weighted by Crippen LogP contribution is 2.17. The van der Waals surface area contributed by atoms with Crippen LogP contribution >= 0.6 is 0 Å². The minimum absolute atomic E-state index is 0.0310. The number of nitrogens with one attached hydrogen (secondary N) is 1. The molecule has 0 saturated carbocycles. The molecule has 0 aliphatic heterocycles. The van der Waals surface area contributed by atoms with Gasteiger partial charge in [-0.3, -0.25) is 9.59 Å². The number of hydrogen-bond donors (Lipinski definition) is 3. The second-order valence-electron chi connectivity index (χ2n) is 17.9. The lowest BCUT2D eigenvalue weighted by molar-refractivity contribution is -0.151. The first-order valence-corrected chi connectivity index (χ1v) is 26.8. The quantitative estimate of drug-likeness (QED) is 0.0321. The van der Waals surface area contributed by atoms with Crippen LogP contribution in [-0.4, -0.2) is 46.9 Å². The minimum Gasteiger partial charge on any atom is -0.462 e. The fourth-order valence-electron chi connectivity index (χ4n) is 7.67. The molecule has 368 valence electrons. The zero-order valence-electron chi connectivity index (χ0n) is 41.9. The number of rotatable bonds is 47. The molecule has 0 saturated heterocycles. The number of ether oxygens (including phenoxy) is 1. The van der Waals surface area contributed by atoms with Gasteiger partial charge in [-0.15, -0.1) is 0 Å². The first kappa shape index (κ1) is 61.0. The summed E-state index contributed by atoms with van der Waals surface area (Å²) in [6.07, 6.45) is 66.4. The van der Waals surface area contributed by atoms with Crippen LogP contribution in [0, 0.1) is 0 Å². The molecule has 3 N–H and O–H groups in total. The lowest BCUT2D eigenvalue weighted by Crippen LogP contribution is -2.46. The van der Waals surface area contributed by atoms with Crippen LogP contribution in [0.5, 0.6) is 0 Å². The number of unbranched alkanes of at least 4 members (excludes halogenated alkanes) is 21. The van der Waals surface area contributed by atoms with Gasteiger partial charge in [-0.05, 0) is 96.3 Å². The van der Waals surface area contributed by atoms with Crippen molar-refractivity contribution in [3.05, 3.63) is 85.1 Å². The molecule has 0 radical (unpaired) electrons. The second kappa shape index (κ2) is 51.0. The zero-order valence-corrected chi connectivity index (χ0v) is 41.9. The Labute approximate surface area is 395 Å². The lowest BCUT2D eigenvalue weighted by atomic mass is 10.0. The van der Waals surface area contributed by atoms with Gasteiger partial charge in [0.05, 0.1) is 25.2 Å². The Bertz CT molecular complexity index is 1230. The Morgan fingerprint density at radius 1 is 0.469 bits per heavy atom. The average Bonchev–Trinajstić information content (AvgIpc) is 3.29. The zero-order chi connectivity index (χ0) is 46.7. The van der Waals surface area contributed by atoms with Crippen LogP contribution in [0.2, 0.25) is 0 Å². The van der Waals surface area contributed by atoms with Gasteiger partial charge < -0.3 is 20.3 Å². The Kier molecular flexibility index (Phi) is 48.7. The van der Waals surface area contributed by atoms with Crippen molar-refractivity contribution >= 4 is 11.9 Å². The summed E-state index contributed by atoms with van der Waals surface area (Å²) in [5.41, 5.74) is 0. The molecular formula is C58H101NO5. The fourth-order valence-corrected chi connectivity index (χ4v) is 7.67. The van der Waals surface area contributed by atoms with E-state index >= 15 is 0 Å². The number of aliphatic hydroxyl groups excluding tert-OH is 2. The summed E-state index contributed by atoms with van der Waals surface area (Å²) < 4.78 is 5.91. The summed E-state index contributed by atoms with van der Waals surface area (Å²) in [5.74, 6) is -0.545. The summed E-state index contributed by atoms with van der Waals surface area (Å²) >= 11 is 0. The van der Waals surface area contributed by atoms with E-state index in [0.29, 0.717) is 19.3 Å². The van der Waals surface area contributed by atoms with Crippen molar-refractivity contribution in [3.8, 4) is 0 Å². The molecule has 0 aromatic rings. The SMILES string of the molecule is CC/C=C/C/C=C/C/C=C/CCCCCCCCC(=O)OC(CCC/C=C\C/C=C\C/C=C\C/C=C\CCCCC)CC(=O)NC(CO)C(O)CCCCCCCCCCCCCC. The molecule has 3 atom stereocenters. The molecule has 6 nitrogen and oxygen atoms in total. The summed E-state index contributed by atoms with van der Waals surface area (Å²) in [4.78, 5) is 26.2. The van der Waals surface area contributed by atoms with Crippen LogP contribution in [0.3, 0.4) is 0 Å². The van der Waals surface area contributed by atoms with Crippen molar-refractivity contribution in [1.29, 1.82) is 0 Å². The van der Waals surface area contributed by atoms with Gasteiger partial charge in [0.2, 0.25) is 5.91 Å². The van der Waals surface area contributed by atoms with Gasteiger partial charge in [0.1, 0.15) is 6.10 Å². The number of carbonyl (C=O) groups excluding carboxylic acids is 2. The standard InChI is InChI=1S/C58H101NO5/c1-4-7-10-13-16-19-22-25-27-29-30-32-34-37-40-43-46-49-54(64-58(63)51-48-45-42-39-36-33-31-28-26-23-20-17-14-11-8-5-2)52-57(62)59-55(53-60)56(61)50-47-44-41-38-35-24-21-18-15-12-9-6-3/h8,11,16-17,19-20,25-28,30,32,37,40,54-56,60-61H,4-7,9-10,12-15,18,21-24,29,31,33-36,38-39,41-53H2,1-3H3,(H,59,62)/b11-8+,19-16-,20-17+,27-25-,28-26+,32-30-,40-37-. The van der Waals surface area contributed by atoms with E-state index < -0.39 is 18.2 Å². The van der Waals surface area contributed by atoms with E-state index in [0.717, 1.165) is 96.3 Å². The van der Waals surface area contributed by atoms with Crippen LogP contribution in [0.1, 0.15) is 245 Å². The molecular weight excluding hydrogens is 791 g/mol. The summed E-state index contributed by atoms with van der Waals surface area (Å²) in [7, 11) is 0. The fraction of sp³-hybridized carbons (Fsp3) is 0.724. The van der Waals surface area contributed by atoms with E-state index in [1.165, 1.54) is 103 Å². The van der Waals surface area contributed by atoms with Crippen LogP contribution in [0.4, 0.5) is 0 Å². The third-order valence-electron chi connectivity index (χ3n) is 11.7. The number of amides is 1. The molecule has 0 rings (SSSR count). The summed E-state index contributed by atoms with van der Waals surface area (Å²) in [6.45, 7) is 6.32. The topological polar surface area (TPSA) is 95.9 Å². The Morgan fingerprint density at radius 2 is 0.859 bits per heavy atom. The van der Waals surface area contributed by atoms with Crippen molar-refractivity contribution in [2.75, 3.05) is 6.61 Å². The Morgan fingerprint density at radius 3 is 1.34 bits per heavy atom. The predicted octanol–water partition coefficient (Wildman–Crippen LogP) is 16.3. The first-order chi connectivity index (χ1) is 31.5. The van der Waals surface area contributed by atoms with Crippen LogP contribution in [-0.2, 0) is 14.3 Å². The Hall–Kier alpha value is -2.96. The van der Waals surface area contributed by atoms with E-state index in [1.54, 1.807) is 0 Å². The van der Waals surface area contributed by atoms with Crippen molar-refractivity contribution in [2.45, 2.75) is 264 Å². The monoisotopic (exact) mass is 892 g/mol. The molecule has 0 heterocycles. The van der Waals surface area contributed by atoms with Crippen molar-refractivity contribution in [1.82, 2.24) is 5.32 Å². The highest BCUT2D eigenvalue weighted by atomic mass is 16.5. The summed E-state index contributed by atoms with van der Waals surface area (Å²) in [5, 5.41) is 23.8. The predicted molar refractivity (Wildman–Crippen MR) is 278 cm³/mol. The Balaban J connectivity index is 4.72. The molecule has 0 fully saturated rings. The van der Waals surface area contributed by atoms with Gasteiger partial charge in [0.25, 0.3) is 0 Å². The highest BCUT2D eigenvalue weighted by Gasteiger charge is 2.24. The van der Waals surface area contributed by atoms with Crippen molar-refractivity contribution < 1.29 is 24.5 Å². The van der Waals surface area contributed by atoms with Gasteiger partial charge in [-0.25, -0.2) is 0 Å². The largest absolute Gasteiger partial charge is 0.462 e. The lowest BCUT2D eigenvalue weighted by Gasteiger charge is -2.24. The molecule has 0 aromatic carbocycles. The molecule has 0 aliphatic rings. The number of carbonyl (C=O) groups is 2. The molecule has 0 aliphatic carbocycles. The van der Waals surface area contributed by atoms with E-state index in [-0.39, 0.29) is 24.9 Å². The van der Waals surface area contributed by atoms with Gasteiger partial charge in [0, 0.05) is 6.42 Å². The molecule has 0 aromatic heterocycles. The highest BCUT2D eigenvalue weighted by molar-refractivity contribution is 5.77. The number of esters is 1. The molecule has 3 unspecified atom stereocenters. The molecule has 64 heavy (non-hydrogen) atoms. The van der Waals surface area contributed by atoms with Crippen molar-refractivity contribution in [3.63, 3.8) is 0 Å².